The van der Waals surface area contributed by atoms with Gasteiger partial charge in [0.2, 0.25) is 0 Å². The van der Waals surface area contributed by atoms with Gasteiger partial charge in [0.25, 0.3) is 0 Å². The molecule has 0 aliphatic carbocycles. The standard InChI is InChI=1S/C17H26O/c1-5-6-7-8-9-16(18)14-10-12-15(13-11-14)17(2,3)4/h10-13H,5-9H2,1-4H3. The minimum absolute atomic E-state index is 0.155. The van der Waals surface area contributed by atoms with Crippen LogP contribution < -0.4 is 0 Å². The van der Waals surface area contributed by atoms with E-state index in [2.05, 4.69) is 39.8 Å². The summed E-state index contributed by atoms with van der Waals surface area (Å²) in [4.78, 5) is 12.0. The molecule has 1 heteroatoms. The van der Waals surface area contributed by atoms with Crippen LogP contribution >= 0.6 is 0 Å². The van der Waals surface area contributed by atoms with Crippen LogP contribution in [0.3, 0.4) is 0 Å². The summed E-state index contributed by atoms with van der Waals surface area (Å²) < 4.78 is 0. The lowest BCUT2D eigenvalue weighted by molar-refractivity contribution is 0.0979. The summed E-state index contributed by atoms with van der Waals surface area (Å²) in [5, 5.41) is 0. The van der Waals surface area contributed by atoms with Crippen molar-refractivity contribution in [2.75, 3.05) is 0 Å². The number of carbonyl (C=O) groups excluding carboxylic acids is 1. The summed E-state index contributed by atoms with van der Waals surface area (Å²) >= 11 is 0. The van der Waals surface area contributed by atoms with Gasteiger partial charge in [0.05, 0.1) is 0 Å². The second-order valence-electron chi connectivity index (χ2n) is 6.06. The van der Waals surface area contributed by atoms with Crippen LogP contribution in [0, 0.1) is 0 Å². The summed E-state index contributed by atoms with van der Waals surface area (Å²) in [5.74, 6) is 0.284. The van der Waals surface area contributed by atoms with Gasteiger partial charge in [-0.2, -0.15) is 0 Å². The smallest absolute Gasteiger partial charge is 0.162 e. The van der Waals surface area contributed by atoms with Crippen LogP contribution in [0.15, 0.2) is 24.3 Å². The normalized spacial score (nSPS) is 11.6. The van der Waals surface area contributed by atoms with E-state index in [-0.39, 0.29) is 11.2 Å². The summed E-state index contributed by atoms with van der Waals surface area (Å²) in [7, 11) is 0. The number of hydrogen-bond donors (Lipinski definition) is 0. The molecule has 0 spiro atoms. The molecule has 0 saturated heterocycles. The minimum Gasteiger partial charge on any atom is -0.294 e. The third-order valence-electron chi connectivity index (χ3n) is 3.33. The highest BCUT2D eigenvalue weighted by Crippen LogP contribution is 2.22. The van der Waals surface area contributed by atoms with Gasteiger partial charge in [0, 0.05) is 12.0 Å². The van der Waals surface area contributed by atoms with E-state index in [1.54, 1.807) is 0 Å². The third-order valence-corrected chi connectivity index (χ3v) is 3.33. The molecule has 0 atom stereocenters. The Balaban J connectivity index is 2.54. The van der Waals surface area contributed by atoms with E-state index in [0.29, 0.717) is 6.42 Å². The second-order valence-corrected chi connectivity index (χ2v) is 6.06. The fraction of sp³-hybridized carbons (Fsp3) is 0.588. The molecule has 1 aromatic carbocycles. The van der Waals surface area contributed by atoms with Gasteiger partial charge in [-0.1, -0.05) is 71.2 Å². The molecule has 0 radical (unpaired) electrons. The summed E-state index contributed by atoms with van der Waals surface area (Å²) in [6.45, 7) is 8.75. The largest absolute Gasteiger partial charge is 0.294 e. The Bertz CT molecular complexity index is 368. The molecule has 0 N–H and O–H groups in total. The molecule has 1 aromatic rings. The maximum Gasteiger partial charge on any atom is 0.162 e. The first-order chi connectivity index (χ1) is 8.45. The molecule has 100 valence electrons. The molecule has 0 saturated carbocycles. The van der Waals surface area contributed by atoms with Gasteiger partial charge in [-0.05, 0) is 17.4 Å². The van der Waals surface area contributed by atoms with Crippen molar-refractivity contribution < 1.29 is 4.79 Å². The molecule has 0 fully saturated rings. The van der Waals surface area contributed by atoms with Crippen molar-refractivity contribution in [3.8, 4) is 0 Å². The van der Waals surface area contributed by atoms with Crippen LogP contribution in [-0.4, -0.2) is 5.78 Å². The molecular formula is C17H26O. The fourth-order valence-electron chi connectivity index (χ4n) is 2.01. The van der Waals surface area contributed by atoms with Gasteiger partial charge in [0.15, 0.2) is 5.78 Å². The number of carbonyl (C=O) groups is 1. The van der Waals surface area contributed by atoms with Crippen LogP contribution in [0.4, 0.5) is 0 Å². The Morgan fingerprint density at radius 1 is 1.00 bits per heavy atom. The summed E-state index contributed by atoms with van der Waals surface area (Å²) in [6.07, 6.45) is 5.33. The first-order valence-corrected chi connectivity index (χ1v) is 7.09. The van der Waals surface area contributed by atoms with E-state index in [1.165, 1.54) is 24.8 Å². The van der Waals surface area contributed by atoms with E-state index < -0.39 is 0 Å². The highest BCUT2D eigenvalue weighted by atomic mass is 16.1. The first kappa shape index (κ1) is 14.9. The first-order valence-electron chi connectivity index (χ1n) is 7.09. The molecule has 1 nitrogen and oxygen atoms in total. The Morgan fingerprint density at radius 3 is 2.11 bits per heavy atom. The second kappa shape index (κ2) is 6.72. The Morgan fingerprint density at radius 2 is 1.61 bits per heavy atom. The van der Waals surface area contributed by atoms with Crippen LogP contribution in [0.1, 0.15) is 75.7 Å². The van der Waals surface area contributed by atoms with Crippen molar-refractivity contribution in [1.29, 1.82) is 0 Å². The van der Waals surface area contributed by atoms with E-state index in [4.69, 9.17) is 0 Å². The van der Waals surface area contributed by atoms with E-state index in [0.717, 1.165) is 12.0 Å². The number of ketones is 1. The molecule has 0 unspecified atom stereocenters. The maximum absolute atomic E-state index is 12.0. The lowest BCUT2D eigenvalue weighted by Gasteiger charge is -2.18. The molecule has 0 aliphatic heterocycles. The van der Waals surface area contributed by atoms with Crippen LogP contribution in [0.25, 0.3) is 0 Å². The Labute approximate surface area is 112 Å². The molecule has 0 heterocycles. The number of benzene rings is 1. The van der Waals surface area contributed by atoms with Crippen LogP contribution in [-0.2, 0) is 5.41 Å². The van der Waals surface area contributed by atoms with Crippen LogP contribution in [0.2, 0.25) is 0 Å². The maximum atomic E-state index is 12.0. The lowest BCUT2D eigenvalue weighted by atomic mass is 9.86. The molecule has 0 aliphatic rings. The van der Waals surface area contributed by atoms with Crippen molar-refractivity contribution in [3.63, 3.8) is 0 Å². The number of Topliss-reactive ketones (excluding diaryl/α,β-unsaturated/α-hetero) is 1. The average Bonchev–Trinajstić information content (AvgIpc) is 2.33. The van der Waals surface area contributed by atoms with Crippen molar-refractivity contribution in [3.05, 3.63) is 35.4 Å². The van der Waals surface area contributed by atoms with Gasteiger partial charge >= 0.3 is 0 Å². The molecule has 0 aromatic heterocycles. The van der Waals surface area contributed by atoms with Gasteiger partial charge in [-0.15, -0.1) is 0 Å². The Kier molecular flexibility index (Phi) is 5.58. The zero-order chi connectivity index (χ0) is 13.6. The van der Waals surface area contributed by atoms with Crippen LogP contribution in [0.5, 0.6) is 0 Å². The van der Waals surface area contributed by atoms with Gasteiger partial charge in [-0.3, -0.25) is 4.79 Å². The summed E-state index contributed by atoms with van der Waals surface area (Å²) in [6, 6.07) is 8.12. The summed E-state index contributed by atoms with van der Waals surface area (Å²) in [5.41, 5.74) is 2.30. The van der Waals surface area contributed by atoms with Gasteiger partial charge < -0.3 is 0 Å². The highest BCUT2D eigenvalue weighted by Gasteiger charge is 2.14. The zero-order valence-electron chi connectivity index (χ0n) is 12.3. The topological polar surface area (TPSA) is 17.1 Å². The van der Waals surface area contributed by atoms with E-state index in [1.807, 2.05) is 12.1 Å². The monoisotopic (exact) mass is 246 g/mol. The highest BCUT2D eigenvalue weighted by molar-refractivity contribution is 5.96. The SMILES string of the molecule is CCCCCCC(=O)c1ccc(C(C)(C)C)cc1. The predicted molar refractivity (Wildman–Crippen MR) is 78.2 cm³/mol. The number of unbranched alkanes of at least 4 members (excludes halogenated alkanes) is 3. The fourth-order valence-corrected chi connectivity index (χ4v) is 2.01. The van der Waals surface area contributed by atoms with E-state index >= 15 is 0 Å². The molecule has 18 heavy (non-hydrogen) atoms. The molecular weight excluding hydrogens is 220 g/mol. The minimum atomic E-state index is 0.155. The molecule has 1 rings (SSSR count). The molecule has 0 amide bonds. The quantitative estimate of drug-likeness (QED) is 0.502. The zero-order valence-corrected chi connectivity index (χ0v) is 12.3. The van der Waals surface area contributed by atoms with Gasteiger partial charge in [-0.25, -0.2) is 0 Å². The van der Waals surface area contributed by atoms with Crippen molar-refractivity contribution in [2.45, 2.75) is 65.2 Å². The average molecular weight is 246 g/mol. The van der Waals surface area contributed by atoms with Crippen molar-refractivity contribution in [2.24, 2.45) is 0 Å². The number of hydrogen-bond acceptors (Lipinski definition) is 1. The predicted octanol–water partition coefficient (Wildman–Crippen LogP) is 5.14. The number of rotatable bonds is 6. The van der Waals surface area contributed by atoms with Gasteiger partial charge in [0.1, 0.15) is 0 Å². The van der Waals surface area contributed by atoms with E-state index in [9.17, 15) is 4.79 Å². The molecule has 0 bridgehead atoms. The van der Waals surface area contributed by atoms with Crippen molar-refractivity contribution >= 4 is 5.78 Å². The lowest BCUT2D eigenvalue weighted by Crippen LogP contribution is -2.11. The third kappa shape index (κ3) is 4.64. The van der Waals surface area contributed by atoms with Crippen molar-refractivity contribution in [1.82, 2.24) is 0 Å². The Hall–Kier alpha value is -1.11.